The van der Waals surface area contributed by atoms with Gasteiger partial charge in [-0.3, -0.25) is 4.79 Å². The molecule has 0 radical (unpaired) electrons. The Morgan fingerprint density at radius 1 is 1.09 bits per heavy atom. The molecule has 0 saturated heterocycles. The SMILES string of the molecule is CC1=NN(c2ccccc2)C2Oc3cc(C)ccc3C(=O)C12. The number of hydrogen-bond donors (Lipinski definition) is 0. The van der Waals surface area contributed by atoms with Crippen LogP contribution in [0.15, 0.2) is 53.6 Å². The van der Waals surface area contributed by atoms with E-state index in [0.29, 0.717) is 11.3 Å². The second-order valence-electron chi connectivity index (χ2n) is 5.77. The zero-order valence-corrected chi connectivity index (χ0v) is 12.5. The Hall–Kier alpha value is -2.62. The predicted octanol–water partition coefficient (Wildman–Crippen LogP) is 3.41. The molecule has 2 atom stereocenters. The van der Waals surface area contributed by atoms with E-state index in [1.165, 1.54) is 0 Å². The van der Waals surface area contributed by atoms with Crippen molar-refractivity contribution in [3.05, 3.63) is 59.7 Å². The normalized spacial score (nSPS) is 22.7. The van der Waals surface area contributed by atoms with Gasteiger partial charge in [-0.25, -0.2) is 5.01 Å². The van der Waals surface area contributed by atoms with Gasteiger partial charge in [0.05, 0.1) is 17.0 Å². The second-order valence-corrected chi connectivity index (χ2v) is 5.77. The van der Waals surface area contributed by atoms with Crippen molar-refractivity contribution in [3.63, 3.8) is 0 Å². The number of nitrogens with zero attached hydrogens (tertiary/aromatic N) is 2. The number of fused-ring (bicyclic) bond motifs is 2. The lowest BCUT2D eigenvalue weighted by molar-refractivity contribution is 0.0786. The average molecular weight is 292 g/mol. The number of hydrazone groups is 1. The summed E-state index contributed by atoms with van der Waals surface area (Å²) in [6.07, 6.45) is -0.399. The van der Waals surface area contributed by atoms with Crippen LogP contribution >= 0.6 is 0 Å². The van der Waals surface area contributed by atoms with Crippen molar-refractivity contribution >= 4 is 17.2 Å². The zero-order valence-electron chi connectivity index (χ0n) is 12.5. The van der Waals surface area contributed by atoms with Gasteiger partial charge in [0.15, 0.2) is 5.78 Å². The van der Waals surface area contributed by atoms with E-state index in [0.717, 1.165) is 17.0 Å². The van der Waals surface area contributed by atoms with Crippen molar-refractivity contribution in [1.29, 1.82) is 0 Å². The lowest BCUT2D eigenvalue weighted by Crippen LogP contribution is -2.45. The molecule has 110 valence electrons. The summed E-state index contributed by atoms with van der Waals surface area (Å²) in [7, 11) is 0. The molecule has 0 N–H and O–H groups in total. The maximum Gasteiger partial charge on any atom is 0.207 e. The molecule has 2 aliphatic rings. The van der Waals surface area contributed by atoms with E-state index in [4.69, 9.17) is 4.74 Å². The molecule has 2 aliphatic heterocycles. The molecule has 22 heavy (non-hydrogen) atoms. The fourth-order valence-electron chi connectivity index (χ4n) is 3.09. The van der Waals surface area contributed by atoms with E-state index in [1.54, 1.807) is 0 Å². The Morgan fingerprint density at radius 2 is 1.86 bits per heavy atom. The van der Waals surface area contributed by atoms with Gasteiger partial charge in [-0.1, -0.05) is 24.3 Å². The number of carbonyl (C=O) groups is 1. The van der Waals surface area contributed by atoms with E-state index in [9.17, 15) is 4.79 Å². The summed E-state index contributed by atoms with van der Waals surface area (Å²) in [4.78, 5) is 12.8. The highest BCUT2D eigenvalue weighted by Crippen LogP contribution is 2.38. The van der Waals surface area contributed by atoms with Crippen LogP contribution < -0.4 is 9.75 Å². The number of Topliss-reactive ketones (excluding diaryl/α,β-unsaturated/α-hetero) is 1. The predicted molar refractivity (Wildman–Crippen MR) is 85.4 cm³/mol. The van der Waals surface area contributed by atoms with Crippen molar-refractivity contribution < 1.29 is 9.53 Å². The van der Waals surface area contributed by atoms with E-state index >= 15 is 0 Å². The summed E-state index contributed by atoms with van der Waals surface area (Å²) in [5.74, 6) is 0.401. The first kappa shape index (κ1) is 13.1. The summed E-state index contributed by atoms with van der Waals surface area (Å²) in [5, 5.41) is 6.37. The molecule has 0 fully saturated rings. The van der Waals surface area contributed by atoms with Crippen LogP contribution in [-0.4, -0.2) is 17.7 Å². The molecule has 4 nitrogen and oxygen atoms in total. The standard InChI is InChI=1S/C18H16N2O2/c1-11-8-9-14-15(10-11)22-18-16(17(14)21)12(2)19-20(18)13-6-4-3-5-7-13/h3-10,16,18H,1-2H3. The topological polar surface area (TPSA) is 41.9 Å². The monoisotopic (exact) mass is 292 g/mol. The van der Waals surface area contributed by atoms with E-state index in [1.807, 2.05) is 67.4 Å². The highest BCUT2D eigenvalue weighted by Gasteiger charge is 2.46. The van der Waals surface area contributed by atoms with Gasteiger partial charge in [0.1, 0.15) is 11.7 Å². The number of carbonyl (C=O) groups excluding carboxylic acids is 1. The summed E-state index contributed by atoms with van der Waals surface area (Å²) in [6.45, 7) is 3.88. The van der Waals surface area contributed by atoms with Gasteiger partial charge in [0, 0.05) is 0 Å². The smallest absolute Gasteiger partial charge is 0.207 e. The zero-order chi connectivity index (χ0) is 15.3. The number of anilines is 1. The first-order chi connectivity index (χ1) is 10.6. The maximum absolute atomic E-state index is 12.8. The third-order valence-electron chi connectivity index (χ3n) is 4.20. The van der Waals surface area contributed by atoms with E-state index < -0.39 is 6.23 Å². The summed E-state index contributed by atoms with van der Waals surface area (Å²) < 4.78 is 6.14. The molecule has 2 aromatic carbocycles. The van der Waals surface area contributed by atoms with Crippen LogP contribution in [0.25, 0.3) is 0 Å². The lowest BCUT2D eigenvalue weighted by atomic mass is 9.89. The van der Waals surface area contributed by atoms with Gasteiger partial charge in [0.25, 0.3) is 0 Å². The van der Waals surface area contributed by atoms with Crippen LogP contribution in [-0.2, 0) is 0 Å². The van der Waals surface area contributed by atoms with Crippen LogP contribution in [0.1, 0.15) is 22.8 Å². The van der Waals surface area contributed by atoms with Crippen molar-refractivity contribution in [2.24, 2.45) is 11.0 Å². The summed E-state index contributed by atoms with van der Waals surface area (Å²) in [5.41, 5.74) is 3.45. The molecule has 0 aromatic heterocycles. The molecule has 4 heteroatoms. The Morgan fingerprint density at radius 3 is 2.64 bits per heavy atom. The van der Waals surface area contributed by atoms with E-state index in [-0.39, 0.29) is 11.7 Å². The molecule has 2 heterocycles. The van der Waals surface area contributed by atoms with E-state index in [2.05, 4.69) is 5.10 Å². The first-order valence-corrected chi connectivity index (χ1v) is 7.36. The Balaban J connectivity index is 1.79. The summed E-state index contributed by atoms with van der Waals surface area (Å²) in [6, 6.07) is 15.5. The van der Waals surface area contributed by atoms with Gasteiger partial charge in [-0.15, -0.1) is 0 Å². The number of aryl methyl sites for hydroxylation is 1. The lowest BCUT2D eigenvalue weighted by Gasteiger charge is -2.32. The van der Waals surface area contributed by atoms with Crippen molar-refractivity contribution in [3.8, 4) is 5.75 Å². The number of hydrogen-bond acceptors (Lipinski definition) is 4. The fraction of sp³-hybridized carbons (Fsp3) is 0.222. The minimum Gasteiger partial charge on any atom is -0.467 e. The number of ether oxygens (including phenoxy) is 1. The molecule has 2 unspecified atom stereocenters. The molecule has 0 saturated carbocycles. The minimum absolute atomic E-state index is 0.0888. The number of rotatable bonds is 1. The number of ketones is 1. The quantitative estimate of drug-likeness (QED) is 0.809. The van der Waals surface area contributed by atoms with Crippen molar-refractivity contribution in [2.75, 3.05) is 5.01 Å². The molecule has 2 aromatic rings. The Labute approximate surface area is 129 Å². The molecule has 0 spiro atoms. The fourth-order valence-corrected chi connectivity index (χ4v) is 3.09. The highest BCUT2D eigenvalue weighted by molar-refractivity contribution is 6.15. The van der Waals surface area contributed by atoms with Crippen LogP contribution in [0.5, 0.6) is 5.75 Å². The maximum atomic E-state index is 12.8. The van der Waals surface area contributed by atoms with Gasteiger partial charge < -0.3 is 4.74 Å². The first-order valence-electron chi connectivity index (χ1n) is 7.36. The third-order valence-corrected chi connectivity index (χ3v) is 4.20. The van der Waals surface area contributed by atoms with Gasteiger partial charge in [-0.05, 0) is 43.7 Å². The number of benzene rings is 2. The average Bonchev–Trinajstić information content (AvgIpc) is 2.85. The Kier molecular flexibility index (Phi) is 2.79. The van der Waals surface area contributed by atoms with Crippen LogP contribution in [0.4, 0.5) is 5.69 Å². The second kappa shape index (κ2) is 4.70. The van der Waals surface area contributed by atoms with Gasteiger partial charge in [0.2, 0.25) is 6.23 Å². The minimum atomic E-state index is -0.399. The van der Waals surface area contributed by atoms with Crippen LogP contribution in [0, 0.1) is 12.8 Å². The molecular weight excluding hydrogens is 276 g/mol. The van der Waals surface area contributed by atoms with Crippen LogP contribution in [0.2, 0.25) is 0 Å². The molecule has 0 bridgehead atoms. The molecule has 0 aliphatic carbocycles. The molecule has 4 rings (SSSR count). The summed E-state index contributed by atoms with van der Waals surface area (Å²) >= 11 is 0. The Bertz CT molecular complexity index is 783. The van der Waals surface area contributed by atoms with Crippen molar-refractivity contribution in [1.82, 2.24) is 0 Å². The number of para-hydroxylation sites is 1. The van der Waals surface area contributed by atoms with Crippen molar-refractivity contribution in [2.45, 2.75) is 20.1 Å². The van der Waals surface area contributed by atoms with Crippen LogP contribution in [0.3, 0.4) is 0 Å². The largest absolute Gasteiger partial charge is 0.467 e. The molecular formula is C18H16N2O2. The molecule has 0 amide bonds. The van der Waals surface area contributed by atoms with Gasteiger partial charge in [-0.2, -0.15) is 5.10 Å². The van der Waals surface area contributed by atoms with Gasteiger partial charge >= 0.3 is 0 Å². The highest BCUT2D eigenvalue weighted by atomic mass is 16.5. The third kappa shape index (κ3) is 1.84.